The van der Waals surface area contributed by atoms with Gasteiger partial charge in [0.05, 0.1) is 12.0 Å². The molecule has 1 atom stereocenters. The van der Waals surface area contributed by atoms with E-state index in [0.29, 0.717) is 12.5 Å². The van der Waals surface area contributed by atoms with Gasteiger partial charge in [-0.15, -0.1) is 0 Å². The second-order valence-corrected chi connectivity index (χ2v) is 4.89. The minimum atomic E-state index is -0.605. The molecule has 1 aliphatic carbocycles. The first-order valence-corrected chi connectivity index (χ1v) is 5.46. The summed E-state index contributed by atoms with van der Waals surface area (Å²) in [6, 6.07) is 0. The highest BCUT2D eigenvalue weighted by atomic mass is 16.5. The van der Waals surface area contributed by atoms with Crippen LogP contribution in [0.1, 0.15) is 32.6 Å². The van der Waals surface area contributed by atoms with Gasteiger partial charge in [-0.3, -0.25) is 4.79 Å². The van der Waals surface area contributed by atoms with Crippen LogP contribution in [0.15, 0.2) is 0 Å². The van der Waals surface area contributed by atoms with Crippen molar-refractivity contribution in [3.05, 3.63) is 0 Å². The normalized spacial score (nSPS) is 42.9. The zero-order chi connectivity index (χ0) is 10.2. The number of hydrogen-bond acceptors (Lipinski definition) is 2. The van der Waals surface area contributed by atoms with Crippen LogP contribution in [-0.4, -0.2) is 24.3 Å². The third-order valence-electron chi connectivity index (χ3n) is 3.79. The SMILES string of the molecule is CC1CC(C(=O)O)(C2CCCOC2)C1. The number of ether oxygens (including phenoxy) is 1. The van der Waals surface area contributed by atoms with Gasteiger partial charge in [-0.1, -0.05) is 6.92 Å². The Balaban J connectivity index is 2.07. The summed E-state index contributed by atoms with van der Waals surface area (Å²) in [5.74, 6) is 0.226. The molecule has 1 saturated carbocycles. The molecule has 14 heavy (non-hydrogen) atoms. The van der Waals surface area contributed by atoms with Gasteiger partial charge in [0.25, 0.3) is 0 Å². The summed E-state index contributed by atoms with van der Waals surface area (Å²) in [5.41, 5.74) is -0.445. The van der Waals surface area contributed by atoms with Crippen LogP contribution >= 0.6 is 0 Å². The van der Waals surface area contributed by atoms with Crippen molar-refractivity contribution < 1.29 is 14.6 Å². The van der Waals surface area contributed by atoms with E-state index in [1.807, 2.05) is 0 Å². The highest BCUT2D eigenvalue weighted by molar-refractivity contribution is 5.76. The zero-order valence-electron chi connectivity index (χ0n) is 8.66. The van der Waals surface area contributed by atoms with Crippen molar-refractivity contribution in [1.29, 1.82) is 0 Å². The summed E-state index contributed by atoms with van der Waals surface area (Å²) in [6.45, 7) is 3.59. The van der Waals surface area contributed by atoms with Crippen molar-refractivity contribution in [2.75, 3.05) is 13.2 Å². The molecule has 0 aromatic carbocycles. The Bertz CT molecular complexity index is 225. The molecule has 3 nitrogen and oxygen atoms in total. The maximum absolute atomic E-state index is 11.3. The molecule has 1 unspecified atom stereocenters. The topological polar surface area (TPSA) is 46.5 Å². The summed E-state index contributed by atoms with van der Waals surface area (Å²) in [5, 5.41) is 9.30. The molecule has 80 valence electrons. The fourth-order valence-corrected chi connectivity index (χ4v) is 3.04. The minimum Gasteiger partial charge on any atom is -0.481 e. The number of carbonyl (C=O) groups is 1. The van der Waals surface area contributed by atoms with Crippen LogP contribution in [0.25, 0.3) is 0 Å². The van der Waals surface area contributed by atoms with Gasteiger partial charge in [0.15, 0.2) is 0 Å². The smallest absolute Gasteiger partial charge is 0.310 e. The van der Waals surface area contributed by atoms with Crippen LogP contribution in [0.5, 0.6) is 0 Å². The molecule has 3 heteroatoms. The molecule has 2 rings (SSSR count). The van der Waals surface area contributed by atoms with Gasteiger partial charge in [0.1, 0.15) is 0 Å². The zero-order valence-corrected chi connectivity index (χ0v) is 8.66. The van der Waals surface area contributed by atoms with Crippen LogP contribution < -0.4 is 0 Å². The van der Waals surface area contributed by atoms with Gasteiger partial charge in [-0.25, -0.2) is 0 Å². The fourth-order valence-electron chi connectivity index (χ4n) is 3.04. The predicted molar refractivity (Wildman–Crippen MR) is 52.0 cm³/mol. The van der Waals surface area contributed by atoms with Gasteiger partial charge in [-0.05, 0) is 37.5 Å². The molecule has 0 bridgehead atoms. The number of carboxylic acid groups (broad SMARTS) is 1. The second kappa shape index (κ2) is 3.54. The van der Waals surface area contributed by atoms with E-state index < -0.39 is 11.4 Å². The van der Waals surface area contributed by atoms with Crippen LogP contribution in [0.3, 0.4) is 0 Å². The summed E-state index contributed by atoms with van der Waals surface area (Å²) in [6.07, 6.45) is 3.74. The molecule has 2 aliphatic rings. The maximum atomic E-state index is 11.3. The molecule has 1 N–H and O–H groups in total. The van der Waals surface area contributed by atoms with Crippen molar-refractivity contribution in [2.45, 2.75) is 32.6 Å². The van der Waals surface area contributed by atoms with Crippen LogP contribution in [0.4, 0.5) is 0 Å². The summed E-state index contributed by atoms with van der Waals surface area (Å²) >= 11 is 0. The highest BCUT2D eigenvalue weighted by Gasteiger charge is 2.53. The Hall–Kier alpha value is -0.570. The molecular formula is C11H18O3. The van der Waals surface area contributed by atoms with Crippen molar-refractivity contribution >= 4 is 5.97 Å². The Labute approximate surface area is 84.4 Å². The summed E-state index contributed by atoms with van der Waals surface area (Å²) in [4.78, 5) is 11.3. The molecule has 0 amide bonds. The van der Waals surface area contributed by atoms with Gasteiger partial charge in [0, 0.05) is 6.61 Å². The largest absolute Gasteiger partial charge is 0.481 e. The molecular weight excluding hydrogens is 180 g/mol. The van der Waals surface area contributed by atoms with E-state index in [2.05, 4.69) is 6.92 Å². The number of aliphatic carboxylic acids is 1. The molecule has 2 fully saturated rings. The third kappa shape index (κ3) is 1.44. The van der Waals surface area contributed by atoms with Crippen molar-refractivity contribution in [3.8, 4) is 0 Å². The molecule has 0 aromatic rings. The Kier molecular flexibility index (Phi) is 2.52. The minimum absolute atomic E-state index is 0.255. The van der Waals surface area contributed by atoms with Crippen LogP contribution in [-0.2, 0) is 9.53 Å². The number of hydrogen-bond donors (Lipinski definition) is 1. The van der Waals surface area contributed by atoms with Gasteiger partial charge >= 0.3 is 5.97 Å². The second-order valence-electron chi connectivity index (χ2n) is 4.89. The van der Waals surface area contributed by atoms with E-state index >= 15 is 0 Å². The Morgan fingerprint density at radius 2 is 2.21 bits per heavy atom. The number of carboxylic acids is 1. The molecule has 1 aliphatic heterocycles. The Morgan fingerprint density at radius 3 is 2.64 bits per heavy atom. The van der Waals surface area contributed by atoms with E-state index in [1.54, 1.807) is 0 Å². The predicted octanol–water partition coefficient (Wildman–Crippen LogP) is 1.91. The monoisotopic (exact) mass is 198 g/mol. The lowest BCUT2D eigenvalue weighted by Gasteiger charge is -2.49. The van der Waals surface area contributed by atoms with Gasteiger partial charge < -0.3 is 9.84 Å². The molecule has 1 heterocycles. The first kappa shape index (κ1) is 9.97. The molecule has 1 saturated heterocycles. The van der Waals surface area contributed by atoms with E-state index in [1.165, 1.54) is 0 Å². The number of rotatable bonds is 2. The fraction of sp³-hybridized carbons (Fsp3) is 0.909. The first-order valence-electron chi connectivity index (χ1n) is 5.46. The van der Waals surface area contributed by atoms with Gasteiger partial charge in [0.2, 0.25) is 0 Å². The lowest BCUT2D eigenvalue weighted by molar-refractivity contribution is -0.170. The van der Waals surface area contributed by atoms with Crippen molar-refractivity contribution in [3.63, 3.8) is 0 Å². The van der Waals surface area contributed by atoms with Gasteiger partial charge in [-0.2, -0.15) is 0 Å². The van der Waals surface area contributed by atoms with Crippen LogP contribution in [0.2, 0.25) is 0 Å². The maximum Gasteiger partial charge on any atom is 0.310 e. The lowest BCUT2D eigenvalue weighted by Crippen LogP contribution is -2.51. The molecule has 0 spiro atoms. The standard InChI is InChI=1S/C11H18O3/c1-8-5-11(6-8,10(12)13)9-3-2-4-14-7-9/h8-9H,2-7H2,1H3,(H,12,13). The summed E-state index contributed by atoms with van der Waals surface area (Å²) < 4.78 is 5.39. The van der Waals surface area contributed by atoms with E-state index in [-0.39, 0.29) is 5.92 Å². The molecule has 0 aromatic heterocycles. The van der Waals surface area contributed by atoms with E-state index in [0.717, 1.165) is 32.3 Å². The van der Waals surface area contributed by atoms with E-state index in [9.17, 15) is 9.90 Å². The highest BCUT2D eigenvalue weighted by Crippen LogP contribution is 2.53. The van der Waals surface area contributed by atoms with Crippen molar-refractivity contribution in [1.82, 2.24) is 0 Å². The molecule has 0 radical (unpaired) electrons. The quantitative estimate of drug-likeness (QED) is 0.737. The summed E-state index contributed by atoms with van der Waals surface area (Å²) in [7, 11) is 0. The van der Waals surface area contributed by atoms with Crippen molar-refractivity contribution in [2.24, 2.45) is 17.3 Å². The Morgan fingerprint density at radius 1 is 1.50 bits per heavy atom. The first-order chi connectivity index (χ1) is 6.65. The van der Waals surface area contributed by atoms with Crippen LogP contribution in [0, 0.1) is 17.3 Å². The lowest BCUT2D eigenvalue weighted by atomic mass is 9.55. The average Bonchev–Trinajstić information content (AvgIpc) is 2.13. The average molecular weight is 198 g/mol. The van der Waals surface area contributed by atoms with E-state index in [4.69, 9.17) is 4.74 Å². The third-order valence-corrected chi connectivity index (χ3v) is 3.79.